The monoisotopic (exact) mass is 264 g/mol. The summed E-state index contributed by atoms with van der Waals surface area (Å²) in [6.07, 6.45) is 0.306. The number of carbonyl (C=O) groups excluding carboxylic acids is 1. The molecule has 5 heteroatoms. The lowest BCUT2D eigenvalue weighted by Crippen LogP contribution is -2.30. The minimum Gasteiger partial charge on any atom is -0.478 e. The van der Waals surface area contributed by atoms with E-state index < -0.39 is 5.97 Å². The summed E-state index contributed by atoms with van der Waals surface area (Å²) >= 11 is 0. The molecule has 0 radical (unpaired) electrons. The molecule has 0 fully saturated rings. The second kappa shape index (κ2) is 6.89. The van der Waals surface area contributed by atoms with Gasteiger partial charge in [-0.2, -0.15) is 0 Å². The van der Waals surface area contributed by atoms with E-state index in [1.807, 2.05) is 20.8 Å². The Kier molecular flexibility index (Phi) is 5.51. The first-order chi connectivity index (χ1) is 8.93. The first kappa shape index (κ1) is 15.2. The highest BCUT2D eigenvalue weighted by molar-refractivity contribution is 6.00. The van der Waals surface area contributed by atoms with Gasteiger partial charge in [-0.15, -0.1) is 0 Å². The number of carboxylic acids is 1. The third kappa shape index (κ3) is 4.71. The number of carboxylic acid groups (broad SMARTS) is 1. The van der Waals surface area contributed by atoms with Crippen molar-refractivity contribution in [1.82, 2.24) is 5.32 Å². The van der Waals surface area contributed by atoms with E-state index in [1.165, 1.54) is 0 Å². The number of aryl methyl sites for hydroxylation is 1. The molecule has 0 aliphatic rings. The van der Waals surface area contributed by atoms with Gasteiger partial charge < -0.3 is 15.7 Å². The molecular weight excluding hydrogens is 244 g/mol. The van der Waals surface area contributed by atoms with Crippen LogP contribution in [0.1, 0.15) is 36.2 Å². The van der Waals surface area contributed by atoms with E-state index in [0.717, 1.165) is 12.1 Å². The summed E-state index contributed by atoms with van der Waals surface area (Å²) < 4.78 is 0. The second-order valence-corrected chi connectivity index (χ2v) is 4.57. The molecule has 1 atom stereocenters. The number of nitrogens with one attached hydrogen (secondary N) is 2. The van der Waals surface area contributed by atoms with Crippen LogP contribution in [0.15, 0.2) is 18.2 Å². The molecule has 1 rings (SSSR count). The second-order valence-electron chi connectivity index (χ2n) is 4.57. The maximum atomic E-state index is 11.8. The molecule has 0 heterocycles. The van der Waals surface area contributed by atoms with Gasteiger partial charge in [-0.3, -0.25) is 4.79 Å². The summed E-state index contributed by atoms with van der Waals surface area (Å²) in [5.74, 6) is -1.24. The van der Waals surface area contributed by atoms with Crippen molar-refractivity contribution in [2.24, 2.45) is 0 Å². The van der Waals surface area contributed by atoms with Gasteiger partial charge >= 0.3 is 5.97 Å². The Labute approximate surface area is 113 Å². The maximum absolute atomic E-state index is 11.8. The Morgan fingerprint density at radius 1 is 1.37 bits per heavy atom. The van der Waals surface area contributed by atoms with Crippen LogP contribution in [0.5, 0.6) is 0 Å². The normalized spacial score (nSPS) is 11.9. The number of hydrogen-bond acceptors (Lipinski definition) is 3. The van der Waals surface area contributed by atoms with Gasteiger partial charge in [0.2, 0.25) is 5.91 Å². The van der Waals surface area contributed by atoms with E-state index >= 15 is 0 Å². The van der Waals surface area contributed by atoms with E-state index in [0.29, 0.717) is 12.1 Å². The highest BCUT2D eigenvalue weighted by atomic mass is 16.4. The largest absolute Gasteiger partial charge is 0.478 e. The third-order valence-electron chi connectivity index (χ3n) is 2.72. The summed E-state index contributed by atoms with van der Waals surface area (Å²) in [6.45, 7) is 6.48. The van der Waals surface area contributed by atoms with Crippen LogP contribution in [0.3, 0.4) is 0 Å². The summed E-state index contributed by atoms with van der Waals surface area (Å²) in [6, 6.07) is 5.00. The lowest BCUT2D eigenvalue weighted by Gasteiger charge is -2.13. The summed E-state index contributed by atoms with van der Waals surface area (Å²) in [5.41, 5.74) is 1.30. The highest BCUT2D eigenvalue weighted by Crippen LogP contribution is 2.17. The number of benzene rings is 1. The molecule has 0 aliphatic heterocycles. The van der Waals surface area contributed by atoms with Gasteiger partial charge in [-0.1, -0.05) is 18.6 Å². The Hall–Kier alpha value is -1.88. The molecule has 3 N–H and O–H groups in total. The van der Waals surface area contributed by atoms with Crippen LogP contribution in [-0.4, -0.2) is 29.6 Å². The van der Waals surface area contributed by atoms with Crippen molar-refractivity contribution >= 4 is 17.6 Å². The van der Waals surface area contributed by atoms with Crippen LogP contribution >= 0.6 is 0 Å². The van der Waals surface area contributed by atoms with Crippen LogP contribution in [0.4, 0.5) is 5.69 Å². The molecule has 1 aromatic rings. The van der Waals surface area contributed by atoms with Crippen molar-refractivity contribution < 1.29 is 14.7 Å². The number of carbonyl (C=O) groups is 2. The molecular formula is C14H20N2O3. The number of anilines is 1. The van der Waals surface area contributed by atoms with E-state index in [2.05, 4.69) is 10.6 Å². The number of rotatable bonds is 6. The zero-order valence-electron chi connectivity index (χ0n) is 11.5. The van der Waals surface area contributed by atoms with Gasteiger partial charge in [0.15, 0.2) is 0 Å². The molecule has 0 bridgehead atoms. The smallest absolute Gasteiger partial charge is 0.337 e. The van der Waals surface area contributed by atoms with Crippen molar-refractivity contribution in [3.05, 3.63) is 29.3 Å². The van der Waals surface area contributed by atoms with Crippen LogP contribution < -0.4 is 10.6 Å². The van der Waals surface area contributed by atoms with Crippen LogP contribution in [0, 0.1) is 6.92 Å². The Morgan fingerprint density at radius 3 is 2.63 bits per heavy atom. The van der Waals surface area contributed by atoms with Crippen LogP contribution in [0.25, 0.3) is 0 Å². The molecule has 0 spiro atoms. The van der Waals surface area contributed by atoms with Crippen molar-refractivity contribution in [3.8, 4) is 0 Å². The van der Waals surface area contributed by atoms with E-state index in [9.17, 15) is 9.59 Å². The van der Waals surface area contributed by atoms with Crippen molar-refractivity contribution in [2.45, 2.75) is 33.2 Å². The van der Waals surface area contributed by atoms with Gasteiger partial charge in [0, 0.05) is 12.5 Å². The fraction of sp³-hybridized carbons (Fsp3) is 0.429. The lowest BCUT2D eigenvalue weighted by atomic mass is 10.1. The zero-order valence-corrected chi connectivity index (χ0v) is 11.5. The molecule has 19 heavy (non-hydrogen) atoms. The average molecular weight is 264 g/mol. The van der Waals surface area contributed by atoms with Crippen molar-refractivity contribution in [3.63, 3.8) is 0 Å². The molecule has 0 aromatic heterocycles. The predicted octanol–water partition coefficient (Wildman–Crippen LogP) is 2.02. The Balaban J connectivity index is 2.76. The van der Waals surface area contributed by atoms with Crippen LogP contribution in [-0.2, 0) is 4.79 Å². The highest BCUT2D eigenvalue weighted by Gasteiger charge is 2.14. The average Bonchev–Trinajstić information content (AvgIpc) is 2.31. The molecule has 0 saturated carbocycles. The molecule has 0 saturated heterocycles. The van der Waals surface area contributed by atoms with Gasteiger partial charge in [0.1, 0.15) is 0 Å². The molecule has 1 amide bonds. The number of aromatic carboxylic acids is 1. The van der Waals surface area contributed by atoms with E-state index in [4.69, 9.17) is 5.11 Å². The lowest BCUT2D eigenvalue weighted by molar-refractivity contribution is -0.116. The molecule has 1 aromatic carbocycles. The van der Waals surface area contributed by atoms with Gasteiger partial charge in [-0.05, 0) is 32.5 Å². The van der Waals surface area contributed by atoms with Crippen molar-refractivity contribution in [2.75, 3.05) is 11.9 Å². The molecule has 104 valence electrons. The maximum Gasteiger partial charge on any atom is 0.337 e. The summed E-state index contributed by atoms with van der Waals surface area (Å²) in [5, 5.41) is 14.9. The minimum atomic E-state index is -1.04. The number of amides is 1. The Morgan fingerprint density at radius 2 is 2.05 bits per heavy atom. The topological polar surface area (TPSA) is 78.4 Å². The minimum absolute atomic E-state index is 0.0590. The quantitative estimate of drug-likeness (QED) is 0.734. The Bertz CT molecular complexity index is 472. The first-order valence-electron chi connectivity index (χ1n) is 6.31. The predicted molar refractivity (Wildman–Crippen MR) is 74.5 cm³/mol. The molecule has 5 nitrogen and oxygen atoms in total. The first-order valence-corrected chi connectivity index (χ1v) is 6.31. The zero-order chi connectivity index (χ0) is 14.4. The van der Waals surface area contributed by atoms with Crippen LogP contribution in [0.2, 0.25) is 0 Å². The van der Waals surface area contributed by atoms with Crippen molar-refractivity contribution in [1.29, 1.82) is 0 Å². The van der Waals surface area contributed by atoms with Gasteiger partial charge in [-0.25, -0.2) is 4.79 Å². The number of hydrogen-bond donors (Lipinski definition) is 3. The molecule has 0 aliphatic carbocycles. The third-order valence-corrected chi connectivity index (χ3v) is 2.72. The fourth-order valence-electron chi connectivity index (χ4n) is 1.84. The fourth-order valence-corrected chi connectivity index (χ4v) is 1.84. The summed E-state index contributed by atoms with van der Waals surface area (Å²) in [7, 11) is 0. The van der Waals surface area contributed by atoms with Gasteiger partial charge in [0.25, 0.3) is 0 Å². The molecule has 1 unspecified atom stereocenters. The standard InChI is InChI=1S/C14H20N2O3/c1-4-15-10(3)8-13(17)16-12-6-5-9(2)7-11(12)14(18)19/h5-7,10,15H,4,8H2,1-3H3,(H,16,17)(H,18,19). The van der Waals surface area contributed by atoms with Gasteiger partial charge in [0.05, 0.1) is 11.3 Å². The van der Waals surface area contributed by atoms with E-state index in [1.54, 1.807) is 18.2 Å². The SMILES string of the molecule is CCNC(C)CC(=O)Nc1ccc(C)cc1C(=O)O. The van der Waals surface area contributed by atoms with E-state index in [-0.39, 0.29) is 17.5 Å². The summed E-state index contributed by atoms with van der Waals surface area (Å²) in [4.78, 5) is 22.9.